The summed E-state index contributed by atoms with van der Waals surface area (Å²) in [7, 11) is 0. The van der Waals surface area contributed by atoms with Gasteiger partial charge in [0.15, 0.2) is 0 Å². The van der Waals surface area contributed by atoms with Crippen molar-refractivity contribution in [1.82, 2.24) is 0 Å². The zero-order chi connectivity index (χ0) is 16.4. The lowest BCUT2D eigenvalue weighted by Crippen LogP contribution is -2.60. The minimum absolute atomic E-state index is 0.476. The maximum absolute atomic E-state index is 10.0. The van der Waals surface area contributed by atoms with Gasteiger partial charge in [-0.25, -0.2) is 0 Å². The van der Waals surface area contributed by atoms with E-state index in [2.05, 4.69) is 5.38 Å². The van der Waals surface area contributed by atoms with Crippen LogP contribution < -0.4 is 4.74 Å². The van der Waals surface area contributed by atoms with Crippen LogP contribution in [0.4, 0.5) is 0 Å². The van der Waals surface area contributed by atoms with Gasteiger partial charge in [0.25, 0.3) is 0 Å². The van der Waals surface area contributed by atoms with Gasteiger partial charge in [-0.15, -0.1) is 11.3 Å². The number of hydrogen-bond donors (Lipinski definition) is 4. The molecule has 3 heterocycles. The van der Waals surface area contributed by atoms with Crippen molar-refractivity contribution >= 4 is 22.7 Å². The summed E-state index contributed by atoms with van der Waals surface area (Å²) in [6, 6.07) is 3.80. The van der Waals surface area contributed by atoms with Gasteiger partial charge in [0.2, 0.25) is 6.29 Å². The third-order valence-corrected chi connectivity index (χ3v) is 5.38. The van der Waals surface area contributed by atoms with E-state index >= 15 is 0 Å². The summed E-state index contributed by atoms with van der Waals surface area (Å²) in [5, 5.41) is 44.8. The van der Waals surface area contributed by atoms with Crippen LogP contribution in [0, 0.1) is 0 Å². The summed E-state index contributed by atoms with van der Waals surface area (Å²) in [6.07, 6.45) is -5.65. The van der Waals surface area contributed by atoms with Gasteiger partial charge in [-0.05, 0) is 33.8 Å². The van der Waals surface area contributed by atoms with Crippen LogP contribution >= 0.6 is 22.7 Å². The zero-order valence-corrected chi connectivity index (χ0v) is 13.7. The van der Waals surface area contributed by atoms with Gasteiger partial charge in [0, 0.05) is 6.42 Å². The van der Waals surface area contributed by atoms with E-state index in [9.17, 15) is 20.4 Å². The zero-order valence-electron chi connectivity index (χ0n) is 12.1. The first-order chi connectivity index (χ1) is 11.1. The SMILES string of the molecule is OCC1OC(Oc2ccsc2Cc2ccsc2)C(O)C(O)C1O. The van der Waals surface area contributed by atoms with Crippen LogP contribution in [0.2, 0.25) is 0 Å². The number of ether oxygens (including phenoxy) is 2. The molecule has 1 aliphatic rings. The highest BCUT2D eigenvalue weighted by atomic mass is 32.1. The fourth-order valence-electron chi connectivity index (χ4n) is 2.43. The first-order valence-corrected chi connectivity index (χ1v) is 8.97. The monoisotopic (exact) mass is 358 g/mol. The fraction of sp³-hybridized carbons (Fsp3) is 0.467. The summed E-state index contributed by atoms with van der Waals surface area (Å²) >= 11 is 3.14. The Morgan fingerprint density at radius 2 is 1.91 bits per heavy atom. The van der Waals surface area contributed by atoms with Crippen LogP contribution in [0.25, 0.3) is 0 Å². The van der Waals surface area contributed by atoms with E-state index in [1.807, 2.05) is 16.8 Å². The van der Waals surface area contributed by atoms with Crippen LogP contribution in [0.15, 0.2) is 28.3 Å². The van der Waals surface area contributed by atoms with Crippen molar-refractivity contribution in [3.05, 3.63) is 38.7 Å². The maximum atomic E-state index is 10.0. The van der Waals surface area contributed by atoms with E-state index < -0.39 is 37.3 Å². The summed E-state index contributed by atoms with van der Waals surface area (Å²) in [4.78, 5) is 0.973. The third kappa shape index (κ3) is 3.58. The molecule has 8 heteroatoms. The Morgan fingerprint density at radius 1 is 1.09 bits per heavy atom. The van der Waals surface area contributed by atoms with Crippen molar-refractivity contribution in [3.8, 4) is 5.75 Å². The van der Waals surface area contributed by atoms with Gasteiger partial charge in [-0.3, -0.25) is 0 Å². The second kappa shape index (κ2) is 7.27. The molecule has 0 radical (unpaired) electrons. The lowest BCUT2D eigenvalue weighted by molar-refractivity contribution is -0.277. The number of rotatable bonds is 5. The molecule has 2 aromatic heterocycles. The lowest BCUT2D eigenvalue weighted by Gasteiger charge is -2.39. The van der Waals surface area contributed by atoms with Gasteiger partial charge < -0.3 is 29.9 Å². The molecule has 4 N–H and O–H groups in total. The molecule has 0 spiro atoms. The lowest BCUT2D eigenvalue weighted by atomic mass is 9.99. The van der Waals surface area contributed by atoms with E-state index in [4.69, 9.17) is 9.47 Å². The summed E-state index contributed by atoms with van der Waals surface area (Å²) in [5.74, 6) is 0.561. The Hall–Kier alpha value is -1.00. The van der Waals surface area contributed by atoms with Crippen molar-refractivity contribution in [2.24, 2.45) is 0 Å². The molecule has 2 aromatic rings. The van der Waals surface area contributed by atoms with E-state index in [1.165, 1.54) is 11.3 Å². The quantitative estimate of drug-likeness (QED) is 0.624. The molecule has 1 aliphatic heterocycles. The molecule has 6 nitrogen and oxygen atoms in total. The standard InChI is InChI=1S/C15H18O6S2/c16-6-10-12(17)13(18)14(19)15(21-10)20-9-2-4-23-11(9)5-8-1-3-22-7-8/h1-4,7,10,12-19H,5-6H2. The summed E-state index contributed by atoms with van der Waals surface area (Å²) < 4.78 is 11.1. The molecule has 0 aromatic carbocycles. The number of hydrogen-bond acceptors (Lipinski definition) is 8. The molecule has 3 rings (SSSR count). The van der Waals surface area contributed by atoms with Crippen LogP contribution in [0.1, 0.15) is 10.4 Å². The molecule has 126 valence electrons. The van der Waals surface area contributed by atoms with Crippen LogP contribution in [0.3, 0.4) is 0 Å². The minimum atomic E-state index is -1.44. The van der Waals surface area contributed by atoms with Crippen molar-refractivity contribution in [3.63, 3.8) is 0 Å². The number of aliphatic hydroxyl groups is 4. The molecular formula is C15H18O6S2. The Kier molecular flexibility index (Phi) is 5.32. The van der Waals surface area contributed by atoms with Crippen molar-refractivity contribution < 1.29 is 29.9 Å². The second-order valence-electron chi connectivity index (χ2n) is 5.33. The molecule has 5 atom stereocenters. The molecule has 0 amide bonds. The van der Waals surface area contributed by atoms with Gasteiger partial charge in [-0.2, -0.15) is 11.3 Å². The van der Waals surface area contributed by atoms with Crippen molar-refractivity contribution in [1.29, 1.82) is 0 Å². The molecule has 0 bridgehead atoms. The van der Waals surface area contributed by atoms with Gasteiger partial charge in [0.1, 0.15) is 30.2 Å². The predicted molar refractivity (Wildman–Crippen MR) is 85.8 cm³/mol. The molecule has 0 aliphatic carbocycles. The van der Waals surface area contributed by atoms with E-state index in [-0.39, 0.29) is 0 Å². The van der Waals surface area contributed by atoms with Gasteiger partial charge >= 0.3 is 0 Å². The normalized spacial score (nSPS) is 31.2. The first-order valence-electron chi connectivity index (χ1n) is 7.14. The van der Waals surface area contributed by atoms with Crippen LogP contribution in [0.5, 0.6) is 5.75 Å². The molecule has 1 saturated heterocycles. The highest BCUT2D eigenvalue weighted by Crippen LogP contribution is 2.31. The van der Waals surface area contributed by atoms with Crippen molar-refractivity contribution in [2.75, 3.05) is 6.61 Å². The predicted octanol–water partition coefficient (Wildman–Crippen LogP) is 0.579. The van der Waals surface area contributed by atoms with E-state index in [1.54, 1.807) is 17.4 Å². The minimum Gasteiger partial charge on any atom is -0.461 e. The molecule has 23 heavy (non-hydrogen) atoms. The number of thiophene rings is 2. The highest BCUT2D eigenvalue weighted by Gasteiger charge is 2.44. The fourth-order valence-corrected chi connectivity index (χ4v) is 3.94. The summed E-state index contributed by atoms with van der Waals surface area (Å²) in [6.45, 7) is -0.476. The first kappa shape index (κ1) is 16.8. The smallest absolute Gasteiger partial charge is 0.229 e. The summed E-state index contributed by atoms with van der Waals surface area (Å²) in [5.41, 5.74) is 1.16. The average molecular weight is 358 g/mol. The van der Waals surface area contributed by atoms with Gasteiger partial charge in [-0.1, -0.05) is 0 Å². The van der Waals surface area contributed by atoms with E-state index in [0.717, 1.165) is 10.4 Å². The molecular weight excluding hydrogens is 340 g/mol. The Bertz CT molecular complexity index is 611. The van der Waals surface area contributed by atoms with Crippen LogP contribution in [-0.4, -0.2) is 57.7 Å². The maximum Gasteiger partial charge on any atom is 0.229 e. The molecule has 5 unspecified atom stereocenters. The topological polar surface area (TPSA) is 99.4 Å². The Balaban J connectivity index is 1.73. The third-order valence-electron chi connectivity index (χ3n) is 3.74. The molecule has 1 fully saturated rings. The molecule has 0 saturated carbocycles. The highest BCUT2D eigenvalue weighted by molar-refractivity contribution is 7.10. The Morgan fingerprint density at radius 3 is 2.61 bits per heavy atom. The number of aliphatic hydroxyl groups excluding tert-OH is 4. The van der Waals surface area contributed by atoms with Gasteiger partial charge in [0.05, 0.1) is 11.5 Å². The second-order valence-corrected chi connectivity index (χ2v) is 7.11. The van der Waals surface area contributed by atoms with Crippen molar-refractivity contribution in [2.45, 2.75) is 37.1 Å². The van der Waals surface area contributed by atoms with E-state index in [0.29, 0.717) is 12.2 Å². The van der Waals surface area contributed by atoms with Crippen LogP contribution in [-0.2, 0) is 11.2 Å². The average Bonchev–Trinajstić information content (AvgIpc) is 3.21. The largest absolute Gasteiger partial charge is 0.461 e. The Labute approximate surface area is 141 Å².